The minimum atomic E-state index is -0.705. The van der Waals surface area contributed by atoms with Crippen LogP contribution >= 0.6 is 15.9 Å². The summed E-state index contributed by atoms with van der Waals surface area (Å²) in [6.07, 6.45) is 2.41. The molecule has 4 nitrogen and oxygen atoms in total. The number of carbonyl (C=O) groups excluding carboxylic acids is 1. The quantitative estimate of drug-likeness (QED) is 0.882. The smallest absolute Gasteiger partial charge is 0.237 e. The van der Waals surface area contributed by atoms with Crippen LogP contribution in [0.3, 0.4) is 0 Å². The van der Waals surface area contributed by atoms with Crippen molar-refractivity contribution in [1.82, 2.24) is 10.3 Å². The molecule has 1 atom stereocenters. The average molecular weight is 336 g/mol. The summed E-state index contributed by atoms with van der Waals surface area (Å²) in [7, 11) is 0. The van der Waals surface area contributed by atoms with Crippen molar-refractivity contribution >= 4 is 32.7 Å². The number of pyridine rings is 1. The van der Waals surface area contributed by atoms with Crippen LogP contribution in [0.4, 0.5) is 0 Å². The first-order valence-electron chi connectivity index (χ1n) is 6.54. The number of carbonyl (C=O) groups is 1. The monoisotopic (exact) mass is 335 g/mol. The Morgan fingerprint density at radius 3 is 2.90 bits per heavy atom. The second-order valence-corrected chi connectivity index (χ2v) is 5.96. The molecule has 0 aliphatic carbocycles. The van der Waals surface area contributed by atoms with Crippen molar-refractivity contribution in [1.29, 1.82) is 0 Å². The Morgan fingerprint density at radius 2 is 2.25 bits per heavy atom. The lowest BCUT2D eigenvalue weighted by molar-refractivity contribution is -0.124. The highest BCUT2D eigenvalue weighted by atomic mass is 79.9. The Bertz CT molecular complexity index is 644. The summed E-state index contributed by atoms with van der Waals surface area (Å²) in [6, 6.07) is 7.97. The summed E-state index contributed by atoms with van der Waals surface area (Å²) in [6.45, 7) is 4.30. The molecule has 5 heteroatoms. The van der Waals surface area contributed by atoms with Crippen LogP contribution in [-0.4, -0.2) is 16.4 Å². The second kappa shape index (κ2) is 5.89. The molecule has 2 aromatic rings. The van der Waals surface area contributed by atoms with Crippen LogP contribution < -0.4 is 11.1 Å². The Balaban J connectivity index is 2.32. The van der Waals surface area contributed by atoms with E-state index >= 15 is 0 Å². The molecule has 0 aliphatic rings. The zero-order chi connectivity index (χ0) is 14.8. The number of primary amides is 1. The van der Waals surface area contributed by atoms with Gasteiger partial charge in [0.25, 0.3) is 0 Å². The van der Waals surface area contributed by atoms with Gasteiger partial charge in [-0.15, -0.1) is 0 Å². The highest BCUT2D eigenvalue weighted by Crippen LogP contribution is 2.23. The topological polar surface area (TPSA) is 68.0 Å². The molecule has 0 saturated heterocycles. The third-order valence-electron chi connectivity index (χ3n) is 3.67. The highest BCUT2D eigenvalue weighted by molar-refractivity contribution is 9.10. The van der Waals surface area contributed by atoms with Crippen LogP contribution in [0.5, 0.6) is 0 Å². The number of rotatable bonds is 5. The molecule has 106 valence electrons. The van der Waals surface area contributed by atoms with E-state index in [-0.39, 0.29) is 5.91 Å². The predicted octanol–water partition coefficient (Wildman–Crippen LogP) is 2.74. The van der Waals surface area contributed by atoms with Crippen LogP contribution in [0, 0.1) is 0 Å². The van der Waals surface area contributed by atoms with E-state index in [2.05, 4.69) is 26.2 Å². The van der Waals surface area contributed by atoms with Crippen LogP contribution in [0.1, 0.15) is 25.8 Å². The van der Waals surface area contributed by atoms with Crippen molar-refractivity contribution < 1.29 is 4.79 Å². The van der Waals surface area contributed by atoms with Crippen LogP contribution in [0.15, 0.2) is 34.9 Å². The van der Waals surface area contributed by atoms with Crippen molar-refractivity contribution in [2.24, 2.45) is 5.73 Å². The number of nitrogens with zero attached hydrogens (tertiary/aromatic N) is 1. The van der Waals surface area contributed by atoms with Gasteiger partial charge in [-0.1, -0.05) is 28.9 Å². The molecule has 0 saturated carbocycles. The van der Waals surface area contributed by atoms with E-state index in [0.717, 1.165) is 20.9 Å². The Kier molecular flexibility index (Phi) is 4.40. The maximum Gasteiger partial charge on any atom is 0.237 e. The standard InChI is InChI=1S/C15H18BrN3O/c1-3-15(2,14(17)20)19-9-11-8-12(16)7-10-5-4-6-18-13(10)11/h4-8,19H,3,9H2,1-2H3,(H2,17,20). The largest absolute Gasteiger partial charge is 0.368 e. The SMILES string of the molecule is CCC(C)(NCc1cc(Br)cc2cccnc12)C(N)=O. The molecule has 0 fully saturated rings. The molecule has 1 aromatic heterocycles. The van der Waals surface area contributed by atoms with Gasteiger partial charge in [0.15, 0.2) is 0 Å². The number of benzene rings is 1. The summed E-state index contributed by atoms with van der Waals surface area (Å²) in [5, 5.41) is 4.31. The van der Waals surface area contributed by atoms with E-state index < -0.39 is 5.54 Å². The lowest BCUT2D eigenvalue weighted by atomic mass is 9.97. The first kappa shape index (κ1) is 14.9. The third-order valence-corrected chi connectivity index (χ3v) is 4.13. The predicted molar refractivity (Wildman–Crippen MR) is 84.2 cm³/mol. The highest BCUT2D eigenvalue weighted by Gasteiger charge is 2.28. The maximum atomic E-state index is 11.5. The zero-order valence-electron chi connectivity index (χ0n) is 11.6. The van der Waals surface area contributed by atoms with Gasteiger partial charge >= 0.3 is 0 Å². The number of hydrogen-bond donors (Lipinski definition) is 2. The van der Waals surface area contributed by atoms with Crippen molar-refractivity contribution in [3.63, 3.8) is 0 Å². The molecule has 0 aliphatic heterocycles. The zero-order valence-corrected chi connectivity index (χ0v) is 13.2. The number of nitrogens with one attached hydrogen (secondary N) is 1. The summed E-state index contributed by atoms with van der Waals surface area (Å²) in [4.78, 5) is 16.0. The second-order valence-electron chi connectivity index (χ2n) is 5.04. The van der Waals surface area contributed by atoms with E-state index in [1.165, 1.54) is 0 Å². The number of nitrogens with two attached hydrogens (primary N) is 1. The molecule has 20 heavy (non-hydrogen) atoms. The van der Waals surface area contributed by atoms with Gasteiger partial charge in [0.2, 0.25) is 5.91 Å². The minimum Gasteiger partial charge on any atom is -0.368 e. The molecule has 0 radical (unpaired) electrons. The maximum absolute atomic E-state index is 11.5. The Morgan fingerprint density at radius 1 is 1.50 bits per heavy atom. The van der Waals surface area contributed by atoms with E-state index in [1.54, 1.807) is 6.20 Å². The average Bonchev–Trinajstić information content (AvgIpc) is 2.44. The molecule has 2 rings (SSSR count). The van der Waals surface area contributed by atoms with E-state index in [1.807, 2.05) is 38.1 Å². The number of aromatic nitrogens is 1. The normalized spacial score (nSPS) is 14.2. The van der Waals surface area contributed by atoms with Gasteiger partial charge in [0.1, 0.15) is 0 Å². The Hall–Kier alpha value is -1.46. The lowest BCUT2D eigenvalue weighted by Crippen LogP contribution is -2.52. The molecule has 1 heterocycles. The molecular formula is C15H18BrN3O. The molecule has 3 N–H and O–H groups in total. The van der Waals surface area contributed by atoms with Gasteiger partial charge < -0.3 is 5.73 Å². The molecule has 1 unspecified atom stereocenters. The number of halogens is 1. The van der Waals surface area contributed by atoms with Gasteiger partial charge in [0, 0.05) is 22.6 Å². The first-order chi connectivity index (χ1) is 9.46. The summed E-state index contributed by atoms with van der Waals surface area (Å²) in [5.41, 5.74) is 6.73. The van der Waals surface area contributed by atoms with Crippen LogP contribution in [0.2, 0.25) is 0 Å². The third kappa shape index (κ3) is 2.99. The number of fused-ring (bicyclic) bond motifs is 1. The first-order valence-corrected chi connectivity index (χ1v) is 7.33. The molecular weight excluding hydrogens is 318 g/mol. The van der Waals surface area contributed by atoms with Gasteiger partial charge in [0.05, 0.1) is 11.1 Å². The minimum absolute atomic E-state index is 0.340. The van der Waals surface area contributed by atoms with Gasteiger partial charge in [-0.2, -0.15) is 0 Å². The van der Waals surface area contributed by atoms with E-state index in [0.29, 0.717) is 13.0 Å². The summed E-state index contributed by atoms with van der Waals surface area (Å²) < 4.78 is 0.993. The molecule has 1 aromatic carbocycles. The van der Waals surface area contributed by atoms with Gasteiger partial charge in [-0.05, 0) is 37.1 Å². The van der Waals surface area contributed by atoms with E-state index in [9.17, 15) is 4.79 Å². The summed E-state index contributed by atoms with van der Waals surface area (Å²) >= 11 is 3.50. The van der Waals surface area contributed by atoms with Crippen molar-refractivity contribution in [3.05, 3.63) is 40.5 Å². The van der Waals surface area contributed by atoms with Gasteiger partial charge in [-0.25, -0.2) is 0 Å². The molecule has 0 bridgehead atoms. The van der Waals surface area contributed by atoms with Crippen molar-refractivity contribution in [3.8, 4) is 0 Å². The molecule has 0 spiro atoms. The number of amides is 1. The fourth-order valence-electron chi connectivity index (χ4n) is 2.04. The van der Waals surface area contributed by atoms with Crippen LogP contribution in [0.25, 0.3) is 10.9 Å². The van der Waals surface area contributed by atoms with Crippen molar-refractivity contribution in [2.75, 3.05) is 0 Å². The molecule has 1 amide bonds. The fraction of sp³-hybridized carbons (Fsp3) is 0.333. The lowest BCUT2D eigenvalue weighted by Gasteiger charge is -2.26. The fourth-order valence-corrected chi connectivity index (χ4v) is 2.56. The Labute approximate surface area is 126 Å². The van der Waals surface area contributed by atoms with Crippen LogP contribution in [-0.2, 0) is 11.3 Å². The van der Waals surface area contributed by atoms with Crippen molar-refractivity contribution in [2.45, 2.75) is 32.4 Å². The van der Waals surface area contributed by atoms with E-state index in [4.69, 9.17) is 5.73 Å². The van der Waals surface area contributed by atoms with Gasteiger partial charge in [-0.3, -0.25) is 15.1 Å². The summed E-state index contributed by atoms with van der Waals surface area (Å²) in [5.74, 6) is -0.340. The number of hydrogen-bond acceptors (Lipinski definition) is 3.